The minimum atomic E-state index is -2.91. The normalized spacial score (nSPS) is 10.6. The summed E-state index contributed by atoms with van der Waals surface area (Å²) < 4.78 is 9.79. The Balaban J connectivity index is 3.84. The molecule has 0 aromatic carbocycles. The number of carbonyl (C=O) groups excluding carboxylic acids is 1. The van der Waals surface area contributed by atoms with Crippen LogP contribution < -0.4 is 4.89 Å². The molecule has 5 heteroatoms. The van der Waals surface area contributed by atoms with Crippen molar-refractivity contribution in [2.45, 2.75) is 0 Å². The van der Waals surface area contributed by atoms with E-state index in [1.807, 2.05) is 0 Å². The van der Waals surface area contributed by atoms with E-state index in [1.54, 1.807) is 0 Å². The lowest BCUT2D eigenvalue weighted by atomic mass is 11.0. The third kappa shape index (κ3) is 2.00. The molecule has 0 saturated carbocycles. The van der Waals surface area contributed by atoms with Gasteiger partial charge in [-0.15, -0.1) is 0 Å². The van der Waals surface area contributed by atoms with Gasteiger partial charge in [-0.25, -0.2) is 4.79 Å². The summed E-state index contributed by atoms with van der Waals surface area (Å²) in [6.07, 6.45) is 0. The molecule has 0 fully saturated rings. The van der Waals surface area contributed by atoms with E-state index in [4.69, 9.17) is 0 Å². The Hall–Kier alpha value is -0.470. The van der Waals surface area contributed by atoms with Crippen LogP contribution in [0.15, 0.2) is 0 Å². The zero-order valence-corrected chi connectivity index (χ0v) is 5.51. The molecule has 0 radical (unpaired) electrons. The first-order chi connectivity index (χ1) is 3.55. The van der Waals surface area contributed by atoms with Crippen LogP contribution in [0.5, 0.6) is 0 Å². The van der Waals surface area contributed by atoms with E-state index in [1.165, 1.54) is 14.1 Å². The number of nitrogens with zero attached hydrogens (tertiary/aromatic N) is 1. The van der Waals surface area contributed by atoms with Gasteiger partial charge < -0.3 is 9.79 Å². The van der Waals surface area contributed by atoms with E-state index in [0.717, 1.165) is 4.90 Å². The van der Waals surface area contributed by atoms with Gasteiger partial charge in [0.1, 0.15) is 0 Å². The van der Waals surface area contributed by atoms with Crippen molar-refractivity contribution >= 4 is 13.7 Å². The van der Waals surface area contributed by atoms with Crippen LogP contribution >= 0.6 is 8.03 Å². The maximum atomic E-state index is 10.2. The predicted octanol–water partition coefficient (Wildman–Crippen LogP) is -0.229. The van der Waals surface area contributed by atoms with Crippen LogP contribution in [-0.4, -0.2) is 24.6 Å². The molecule has 1 unspecified atom stereocenters. The van der Waals surface area contributed by atoms with E-state index >= 15 is 0 Å². The molecule has 0 aliphatic heterocycles. The number of rotatable bonds is 1. The maximum Gasteiger partial charge on any atom is 0.459 e. The van der Waals surface area contributed by atoms with Crippen LogP contribution in [-0.2, 0) is 4.57 Å². The number of hydrogen-bond donors (Lipinski definition) is 0. The highest BCUT2D eigenvalue weighted by atomic mass is 31.1. The first-order valence-corrected chi connectivity index (χ1v) is 3.09. The molecule has 0 spiro atoms. The highest BCUT2D eigenvalue weighted by Gasteiger charge is 2.17. The van der Waals surface area contributed by atoms with E-state index in [9.17, 15) is 14.3 Å². The average molecular weight is 135 g/mol. The zero-order valence-electron chi connectivity index (χ0n) is 4.62. The monoisotopic (exact) mass is 135 g/mol. The van der Waals surface area contributed by atoms with Gasteiger partial charge in [-0.05, 0) is 0 Å². The summed E-state index contributed by atoms with van der Waals surface area (Å²) in [7, 11) is -0.149. The van der Waals surface area contributed by atoms with Gasteiger partial charge in [0.25, 0.3) is 0 Å². The van der Waals surface area contributed by atoms with Crippen molar-refractivity contribution in [3.05, 3.63) is 0 Å². The van der Waals surface area contributed by atoms with Crippen molar-refractivity contribution in [3.63, 3.8) is 0 Å². The highest BCUT2D eigenvalue weighted by molar-refractivity contribution is 7.56. The molecule has 1 atom stereocenters. The van der Waals surface area contributed by atoms with Gasteiger partial charge in [0.05, 0.1) is 0 Å². The standard InChI is InChI=1S/C3H6NO3P/c1-4(2)3(5)8(6)7/h1-2H3. The molecule has 0 heterocycles. The molecule has 4 nitrogen and oxygen atoms in total. The van der Waals surface area contributed by atoms with Gasteiger partial charge >= 0.3 is 13.7 Å². The van der Waals surface area contributed by atoms with Gasteiger partial charge in [-0.1, -0.05) is 4.57 Å². The summed E-state index contributed by atoms with van der Waals surface area (Å²) >= 11 is 0. The van der Waals surface area contributed by atoms with Crippen LogP contribution in [0, 0.1) is 0 Å². The first kappa shape index (κ1) is 7.53. The second-order valence-electron chi connectivity index (χ2n) is 1.43. The topological polar surface area (TPSA) is 60.4 Å². The molecule has 0 saturated heterocycles. The second-order valence-corrected chi connectivity index (χ2v) is 2.33. The molecule has 0 aliphatic rings. The van der Waals surface area contributed by atoms with Crippen LogP contribution in [0.4, 0.5) is 4.79 Å². The molecular weight excluding hydrogens is 129 g/mol. The number of carbonyl (C=O) groups is 1. The summed E-state index contributed by atoms with van der Waals surface area (Å²) in [5, 5.41) is 0. The molecule has 0 rings (SSSR count). The van der Waals surface area contributed by atoms with Crippen molar-refractivity contribution in [3.8, 4) is 0 Å². The molecule has 0 aromatic heterocycles. The fraction of sp³-hybridized carbons (Fsp3) is 0.667. The number of hydrogen-bond acceptors (Lipinski definition) is 3. The maximum absolute atomic E-state index is 10.2. The number of amides is 1. The fourth-order valence-electron chi connectivity index (χ4n) is 0.163. The summed E-state index contributed by atoms with van der Waals surface area (Å²) in [5.41, 5.74) is -0.861. The van der Waals surface area contributed by atoms with Gasteiger partial charge in [0.2, 0.25) is 0 Å². The molecule has 0 aliphatic carbocycles. The summed E-state index contributed by atoms with van der Waals surface area (Å²) in [4.78, 5) is 21.0. The lowest BCUT2D eigenvalue weighted by molar-refractivity contribution is -0.161. The largest absolute Gasteiger partial charge is 0.587 e. The van der Waals surface area contributed by atoms with Gasteiger partial charge in [0.15, 0.2) is 0 Å². The van der Waals surface area contributed by atoms with Crippen LogP contribution in [0.1, 0.15) is 0 Å². The molecule has 0 bridgehead atoms. The van der Waals surface area contributed by atoms with Crippen molar-refractivity contribution < 1.29 is 14.3 Å². The Bertz CT molecular complexity index is 122. The zero-order chi connectivity index (χ0) is 6.73. The Labute approximate surface area is 48.0 Å². The quantitative estimate of drug-likeness (QED) is 0.466. The van der Waals surface area contributed by atoms with Gasteiger partial charge in [-0.2, -0.15) is 0 Å². The third-order valence-corrected chi connectivity index (χ3v) is 1.25. The van der Waals surface area contributed by atoms with Gasteiger partial charge in [-0.3, -0.25) is 0 Å². The SMILES string of the molecule is CN(C)C(=O)[P+](=O)[O-]. The average Bonchev–Trinajstić information content (AvgIpc) is 1.64. The Morgan fingerprint density at radius 1 is 1.62 bits per heavy atom. The second kappa shape index (κ2) is 2.74. The molecule has 0 aromatic rings. The highest BCUT2D eigenvalue weighted by Crippen LogP contribution is 2.10. The summed E-state index contributed by atoms with van der Waals surface area (Å²) in [6.45, 7) is 0. The van der Waals surface area contributed by atoms with Crippen LogP contribution in [0.2, 0.25) is 0 Å². The van der Waals surface area contributed by atoms with Crippen molar-refractivity contribution in [2.24, 2.45) is 0 Å². The predicted molar refractivity (Wildman–Crippen MR) is 26.7 cm³/mol. The molecule has 0 N–H and O–H groups in total. The van der Waals surface area contributed by atoms with Crippen LogP contribution in [0.3, 0.4) is 0 Å². The first-order valence-electron chi connectivity index (χ1n) is 1.91. The van der Waals surface area contributed by atoms with E-state index in [2.05, 4.69) is 0 Å². The van der Waals surface area contributed by atoms with Crippen molar-refractivity contribution in [1.82, 2.24) is 4.90 Å². The van der Waals surface area contributed by atoms with Crippen molar-refractivity contribution in [2.75, 3.05) is 14.1 Å². The molecular formula is C3H6NO3P. The van der Waals surface area contributed by atoms with Crippen LogP contribution in [0.25, 0.3) is 0 Å². The smallest absolute Gasteiger partial charge is 0.459 e. The Kier molecular flexibility index (Phi) is 2.58. The Morgan fingerprint density at radius 2 is 2.00 bits per heavy atom. The molecule has 46 valence electrons. The van der Waals surface area contributed by atoms with Crippen molar-refractivity contribution in [1.29, 1.82) is 0 Å². The minimum Gasteiger partial charge on any atom is -0.587 e. The van der Waals surface area contributed by atoms with E-state index in [0.29, 0.717) is 0 Å². The molecule has 1 amide bonds. The summed E-state index contributed by atoms with van der Waals surface area (Å²) in [5.74, 6) is 0. The Morgan fingerprint density at radius 3 is 2.00 bits per heavy atom. The minimum absolute atomic E-state index is 0.861. The fourth-order valence-corrected chi connectivity index (χ4v) is 0.490. The lowest BCUT2D eigenvalue weighted by Gasteiger charge is -1.99. The lowest BCUT2D eigenvalue weighted by Crippen LogP contribution is -2.18. The molecule has 8 heavy (non-hydrogen) atoms. The third-order valence-electron chi connectivity index (χ3n) is 0.539. The van der Waals surface area contributed by atoms with E-state index < -0.39 is 13.7 Å². The van der Waals surface area contributed by atoms with Gasteiger partial charge in [0, 0.05) is 14.1 Å². The van der Waals surface area contributed by atoms with E-state index in [-0.39, 0.29) is 0 Å². The summed E-state index contributed by atoms with van der Waals surface area (Å²) in [6, 6.07) is 0.